The van der Waals surface area contributed by atoms with Crippen molar-refractivity contribution in [3.05, 3.63) is 36.5 Å². The summed E-state index contributed by atoms with van der Waals surface area (Å²) in [6.07, 6.45) is 1.61. The summed E-state index contributed by atoms with van der Waals surface area (Å²) in [5.74, 6) is -0.561. The van der Waals surface area contributed by atoms with E-state index in [1.54, 1.807) is 18.3 Å². The molecule has 0 aliphatic carbocycles. The summed E-state index contributed by atoms with van der Waals surface area (Å²) in [6, 6.07) is 7.04. The molecule has 2 heterocycles. The molecule has 0 spiro atoms. The van der Waals surface area contributed by atoms with Gasteiger partial charge in [0.05, 0.1) is 11.1 Å². The van der Waals surface area contributed by atoms with Crippen LogP contribution in [0.5, 0.6) is 5.75 Å². The first kappa shape index (κ1) is 14.5. The number of fused-ring (bicyclic) bond motifs is 1. The molecule has 3 aromatic rings. The van der Waals surface area contributed by atoms with Gasteiger partial charge >= 0.3 is 0 Å². The number of pyridine rings is 1. The van der Waals surface area contributed by atoms with Gasteiger partial charge in [0.15, 0.2) is 10.6 Å². The molecule has 0 aliphatic rings. The SMILES string of the molecule is O=S(=O)(O)c1cc(N=Nc2snc3ncccc23)ccc1O. The average molecular weight is 336 g/mol. The van der Waals surface area contributed by atoms with Gasteiger partial charge in [-0.05, 0) is 41.9 Å². The number of rotatable bonds is 3. The summed E-state index contributed by atoms with van der Waals surface area (Å²) in [5, 5.41) is 18.6. The smallest absolute Gasteiger partial charge is 0.298 e. The summed E-state index contributed by atoms with van der Waals surface area (Å²) in [7, 11) is -4.53. The van der Waals surface area contributed by atoms with Crippen molar-refractivity contribution in [1.82, 2.24) is 9.36 Å². The lowest BCUT2D eigenvalue weighted by Crippen LogP contribution is -1.97. The highest BCUT2D eigenvalue weighted by Gasteiger charge is 2.16. The molecule has 0 unspecified atom stereocenters. The topological polar surface area (TPSA) is 125 Å². The fraction of sp³-hybridized carbons (Fsp3) is 0. The number of hydrogen-bond donors (Lipinski definition) is 2. The van der Waals surface area contributed by atoms with Gasteiger partial charge < -0.3 is 5.11 Å². The number of aromatic nitrogens is 2. The predicted molar refractivity (Wildman–Crippen MR) is 79.5 cm³/mol. The number of phenolic OH excluding ortho intramolecular Hbond substituents is 1. The Balaban J connectivity index is 2.00. The van der Waals surface area contributed by atoms with Crippen molar-refractivity contribution in [2.24, 2.45) is 10.2 Å². The highest BCUT2D eigenvalue weighted by Crippen LogP contribution is 2.32. The first-order chi connectivity index (χ1) is 10.4. The third-order valence-corrected chi connectivity index (χ3v) is 4.33. The molecular formula is C12H8N4O4S2. The molecule has 0 saturated heterocycles. The third kappa shape index (κ3) is 2.79. The maximum Gasteiger partial charge on any atom is 0.298 e. The van der Waals surface area contributed by atoms with E-state index >= 15 is 0 Å². The summed E-state index contributed by atoms with van der Waals surface area (Å²) in [5.41, 5.74) is 0.710. The highest BCUT2D eigenvalue weighted by molar-refractivity contribution is 7.86. The van der Waals surface area contributed by atoms with Crippen LogP contribution < -0.4 is 0 Å². The molecule has 112 valence electrons. The molecule has 22 heavy (non-hydrogen) atoms. The highest BCUT2D eigenvalue weighted by atomic mass is 32.2. The minimum absolute atomic E-state index is 0.163. The van der Waals surface area contributed by atoms with Gasteiger partial charge in [0, 0.05) is 6.20 Å². The monoisotopic (exact) mass is 336 g/mol. The molecule has 10 heteroatoms. The van der Waals surface area contributed by atoms with Crippen molar-refractivity contribution in [3.63, 3.8) is 0 Å². The molecule has 1 aromatic carbocycles. The number of hydrogen-bond acceptors (Lipinski definition) is 8. The lowest BCUT2D eigenvalue weighted by molar-refractivity contribution is 0.443. The van der Waals surface area contributed by atoms with Crippen LogP contribution in [0, 0.1) is 0 Å². The second-order valence-electron chi connectivity index (χ2n) is 4.19. The van der Waals surface area contributed by atoms with Crippen molar-refractivity contribution in [2.75, 3.05) is 0 Å². The Labute approximate surface area is 128 Å². The molecular weight excluding hydrogens is 328 g/mol. The van der Waals surface area contributed by atoms with E-state index in [-0.39, 0.29) is 5.69 Å². The van der Waals surface area contributed by atoms with Crippen molar-refractivity contribution in [3.8, 4) is 5.75 Å². The Morgan fingerprint density at radius 3 is 2.77 bits per heavy atom. The molecule has 0 fully saturated rings. The van der Waals surface area contributed by atoms with E-state index in [1.165, 1.54) is 6.07 Å². The summed E-state index contributed by atoms with van der Waals surface area (Å²) >= 11 is 1.11. The van der Waals surface area contributed by atoms with Crippen LogP contribution in [-0.2, 0) is 10.1 Å². The Kier molecular flexibility index (Phi) is 3.56. The molecule has 2 N–H and O–H groups in total. The van der Waals surface area contributed by atoms with Crippen LogP contribution in [0.3, 0.4) is 0 Å². The normalized spacial score (nSPS) is 12.2. The Bertz CT molecular complexity index is 982. The summed E-state index contributed by atoms with van der Waals surface area (Å²) in [4.78, 5) is 3.44. The molecule has 0 atom stereocenters. The summed E-state index contributed by atoms with van der Waals surface area (Å²) < 4.78 is 35.4. The zero-order chi connectivity index (χ0) is 15.7. The molecule has 0 radical (unpaired) electrons. The average Bonchev–Trinajstić information content (AvgIpc) is 2.88. The maximum absolute atomic E-state index is 11.1. The molecule has 0 bridgehead atoms. The number of phenols is 1. The van der Waals surface area contributed by atoms with Gasteiger partial charge in [0.25, 0.3) is 10.1 Å². The Morgan fingerprint density at radius 1 is 1.18 bits per heavy atom. The van der Waals surface area contributed by atoms with E-state index in [1.807, 2.05) is 0 Å². The van der Waals surface area contributed by atoms with Gasteiger partial charge in [-0.15, -0.1) is 10.2 Å². The maximum atomic E-state index is 11.1. The first-order valence-electron chi connectivity index (χ1n) is 5.88. The van der Waals surface area contributed by atoms with E-state index in [0.717, 1.165) is 29.1 Å². The van der Waals surface area contributed by atoms with Gasteiger partial charge in [0.2, 0.25) is 0 Å². The third-order valence-electron chi connectivity index (χ3n) is 2.71. The lowest BCUT2D eigenvalue weighted by atomic mass is 10.3. The van der Waals surface area contributed by atoms with Crippen LogP contribution >= 0.6 is 11.5 Å². The molecule has 0 aliphatic heterocycles. The molecule has 8 nitrogen and oxygen atoms in total. The van der Waals surface area contributed by atoms with Crippen LogP contribution in [0.4, 0.5) is 10.7 Å². The second kappa shape index (κ2) is 5.40. The standard InChI is InChI=1S/C12H8N4O4S2/c17-9-4-3-7(6-10(9)22(18,19)20)14-15-12-8-2-1-5-13-11(8)16-21-12/h1-6,17H,(H,18,19,20). The zero-order valence-electron chi connectivity index (χ0n) is 10.8. The van der Waals surface area contributed by atoms with Crippen LogP contribution in [0.15, 0.2) is 51.7 Å². The number of aromatic hydroxyl groups is 1. The number of nitrogens with zero attached hydrogens (tertiary/aromatic N) is 4. The van der Waals surface area contributed by atoms with Gasteiger partial charge in [-0.2, -0.15) is 12.8 Å². The van der Waals surface area contributed by atoms with Crippen LogP contribution in [0.25, 0.3) is 11.0 Å². The van der Waals surface area contributed by atoms with Crippen molar-refractivity contribution in [1.29, 1.82) is 0 Å². The lowest BCUT2D eigenvalue weighted by Gasteiger charge is -2.01. The Hall–Kier alpha value is -2.43. The predicted octanol–water partition coefficient (Wildman–Crippen LogP) is 3.06. The van der Waals surface area contributed by atoms with Crippen molar-refractivity contribution >= 4 is 43.4 Å². The fourth-order valence-corrected chi connectivity index (χ4v) is 2.97. The molecule has 0 amide bonds. The van der Waals surface area contributed by atoms with E-state index in [0.29, 0.717) is 10.6 Å². The van der Waals surface area contributed by atoms with Gasteiger partial charge in [-0.3, -0.25) is 4.55 Å². The molecule has 0 saturated carbocycles. The van der Waals surface area contributed by atoms with Crippen LogP contribution in [-0.4, -0.2) is 27.4 Å². The first-order valence-corrected chi connectivity index (χ1v) is 8.09. The largest absolute Gasteiger partial charge is 0.506 e. The summed E-state index contributed by atoms with van der Waals surface area (Å²) in [6.45, 7) is 0. The minimum atomic E-state index is -4.53. The van der Waals surface area contributed by atoms with Crippen LogP contribution in [0.2, 0.25) is 0 Å². The second-order valence-corrected chi connectivity index (χ2v) is 6.33. The van der Waals surface area contributed by atoms with E-state index in [4.69, 9.17) is 4.55 Å². The molecule has 3 rings (SSSR count). The zero-order valence-corrected chi connectivity index (χ0v) is 12.4. The van der Waals surface area contributed by atoms with E-state index in [2.05, 4.69) is 19.6 Å². The van der Waals surface area contributed by atoms with Crippen molar-refractivity contribution < 1.29 is 18.1 Å². The minimum Gasteiger partial charge on any atom is -0.506 e. The quantitative estimate of drug-likeness (QED) is 0.559. The van der Waals surface area contributed by atoms with Gasteiger partial charge in [0.1, 0.15) is 10.6 Å². The van der Waals surface area contributed by atoms with Crippen molar-refractivity contribution in [2.45, 2.75) is 4.90 Å². The van der Waals surface area contributed by atoms with Gasteiger partial charge in [-0.1, -0.05) is 0 Å². The Morgan fingerprint density at radius 2 is 2.00 bits per heavy atom. The van der Waals surface area contributed by atoms with Crippen LogP contribution in [0.1, 0.15) is 0 Å². The number of azo groups is 1. The van der Waals surface area contributed by atoms with E-state index < -0.39 is 20.8 Å². The fourth-order valence-electron chi connectivity index (χ4n) is 1.72. The number of benzene rings is 1. The molecule has 2 aromatic heterocycles. The van der Waals surface area contributed by atoms with Gasteiger partial charge in [-0.25, -0.2) is 4.98 Å². The van der Waals surface area contributed by atoms with E-state index in [9.17, 15) is 13.5 Å².